The molecule has 8 heteroatoms. The van der Waals surface area contributed by atoms with E-state index in [2.05, 4.69) is 21.8 Å². The van der Waals surface area contributed by atoms with Gasteiger partial charge in [0.25, 0.3) is 5.91 Å². The average Bonchev–Trinajstić information content (AvgIpc) is 3.31. The van der Waals surface area contributed by atoms with Crippen LogP contribution >= 0.6 is 11.6 Å². The largest absolute Gasteiger partial charge is 0.353 e. The van der Waals surface area contributed by atoms with Gasteiger partial charge in [-0.15, -0.1) is 0 Å². The quantitative estimate of drug-likeness (QED) is 0.612. The van der Waals surface area contributed by atoms with Crippen LogP contribution in [0.15, 0.2) is 48.7 Å². The van der Waals surface area contributed by atoms with E-state index in [1.165, 1.54) is 0 Å². The molecule has 2 amide bonds. The summed E-state index contributed by atoms with van der Waals surface area (Å²) in [4.78, 5) is 40.0. The van der Waals surface area contributed by atoms with Gasteiger partial charge in [0.1, 0.15) is 11.5 Å². The number of anilines is 1. The zero-order valence-electron chi connectivity index (χ0n) is 19.4. The summed E-state index contributed by atoms with van der Waals surface area (Å²) in [6, 6.07) is 13.4. The number of piperidine rings is 1. The van der Waals surface area contributed by atoms with Gasteiger partial charge in [-0.1, -0.05) is 24.6 Å². The predicted octanol–water partition coefficient (Wildman–Crippen LogP) is 4.05. The molecule has 0 bridgehead atoms. The smallest absolute Gasteiger partial charge is 0.270 e. The van der Waals surface area contributed by atoms with Gasteiger partial charge in [0.15, 0.2) is 0 Å². The van der Waals surface area contributed by atoms with Gasteiger partial charge in [-0.2, -0.15) is 0 Å². The van der Waals surface area contributed by atoms with Crippen molar-refractivity contribution in [2.45, 2.75) is 19.8 Å². The van der Waals surface area contributed by atoms with E-state index in [1.807, 2.05) is 52.3 Å². The zero-order valence-corrected chi connectivity index (χ0v) is 20.2. The second kappa shape index (κ2) is 9.66. The summed E-state index contributed by atoms with van der Waals surface area (Å²) in [5.41, 5.74) is 1.50. The molecular weight excluding hydrogens is 450 g/mol. The monoisotopic (exact) mass is 479 g/mol. The van der Waals surface area contributed by atoms with Gasteiger partial charge in [0.2, 0.25) is 5.91 Å². The summed E-state index contributed by atoms with van der Waals surface area (Å²) in [5.74, 6) is 1.48. The fourth-order valence-corrected chi connectivity index (χ4v) is 5.36. The lowest BCUT2D eigenvalue weighted by atomic mass is 9.84. The number of benzene rings is 1. The predicted molar refractivity (Wildman–Crippen MR) is 134 cm³/mol. The molecule has 0 spiro atoms. The number of halogens is 1. The standard InChI is InChI=1S/C26H30ClN5O2/c1-18(25(33)32-14-12-30(13-15-32)24-4-2-3-9-28-24)19-7-10-31(11-8-19)26(34)23-17-20-16-21(27)5-6-22(20)29-23/h2-6,9,16-19,29H,7-8,10-15H2,1H3/t18-/m0/s1. The van der Waals surface area contributed by atoms with Crippen LogP contribution in [0.2, 0.25) is 5.02 Å². The summed E-state index contributed by atoms with van der Waals surface area (Å²) in [6.07, 6.45) is 3.50. The first-order valence-corrected chi connectivity index (χ1v) is 12.4. The molecule has 1 atom stereocenters. The highest BCUT2D eigenvalue weighted by Gasteiger charge is 2.33. The number of rotatable bonds is 4. The molecule has 2 aliphatic heterocycles. The number of carbonyl (C=O) groups excluding carboxylic acids is 2. The summed E-state index contributed by atoms with van der Waals surface area (Å²) in [5, 5.41) is 1.59. The number of H-pyrrole nitrogens is 1. The first-order valence-electron chi connectivity index (χ1n) is 12.0. The van der Waals surface area contributed by atoms with Crippen molar-refractivity contribution in [2.24, 2.45) is 11.8 Å². The highest BCUT2D eigenvalue weighted by atomic mass is 35.5. The van der Waals surface area contributed by atoms with E-state index < -0.39 is 0 Å². The molecule has 5 rings (SSSR count). The number of piperazine rings is 1. The molecule has 1 aromatic carbocycles. The summed E-state index contributed by atoms with van der Waals surface area (Å²) in [7, 11) is 0. The Hall–Kier alpha value is -3.06. The van der Waals surface area contributed by atoms with Crippen LogP contribution in [-0.2, 0) is 4.79 Å². The topological polar surface area (TPSA) is 72.5 Å². The van der Waals surface area contributed by atoms with E-state index in [0.29, 0.717) is 29.7 Å². The molecule has 0 unspecified atom stereocenters. The van der Waals surface area contributed by atoms with Gasteiger partial charge in [0.05, 0.1) is 0 Å². The number of amides is 2. The number of likely N-dealkylation sites (tertiary alicyclic amines) is 1. The normalized spacial score (nSPS) is 18.4. The molecule has 0 radical (unpaired) electrons. The molecule has 2 aliphatic rings. The fourth-order valence-electron chi connectivity index (χ4n) is 5.18. The van der Waals surface area contributed by atoms with Gasteiger partial charge in [-0.3, -0.25) is 9.59 Å². The number of nitrogens with zero attached hydrogens (tertiary/aromatic N) is 4. The number of carbonyl (C=O) groups is 2. The van der Waals surface area contributed by atoms with Gasteiger partial charge in [-0.25, -0.2) is 4.98 Å². The molecule has 0 aliphatic carbocycles. The summed E-state index contributed by atoms with van der Waals surface area (Å²) < 4.78 is 0. The lowest BCUT2D eigenvalue weighted by molar-refractivity contribution is -0.137. The number of aromatic amines is 1. The maximum atomic E-state index is 13.2. The fraction of sp³-hybridized carbons (Fsp3) is 0.423. The molecule has 34 heavy (non-hydrogen) atoms. The van der Waals surface area contributed by atoms with E-state index in [4.69, 9.17) is 11.6 Å². The molecular formula is C26H30ClN5O2. The van der Waals surface area contributed by atoms with Crippen LogP contribution in [-0.4, -0.2) is 70.9 Å². The van der Waals surface area contributed by atoms with Crippen molar-refractivity contribution >= 4 is 40.1 Å². The van der Waals surface area contributed by atoms with E-state index in [9.17, 15) is 9.59 Å². The zero-order chi connectivity index (χ0) is 23.7. The minimum Gasteiger partial charge on any atom is -0.353 e. The summed E-state index contributed by atoms with van der Waals surface area (Å²) >= 11 is 6.07. The van der Waals surface area contributed by atoms with E-state index >= 15 is 0 Å². The number of fused-ring (bicyclic) bond motifs is 1. The molecule has 2 fully saturated rings. The molecule has 178 valence electrons. The van der Waals surface area contributed by atoms with Crippen molar-refractivity contribution < 1.29 is 9.59 Å². The minimum atomic E-state index is -0.0335. The third-order valence-corrected chi connectivity index (χ3v) is 7.54. The van der Waals surface area contributed by atoms with Gasteiger partial charge >= 0.3 is 0 Å². The average molecular weight is 480 g/mol. The van der Waals surface area contributed by atoms with E-state index in [1.54, 1.807) is 6.20 Å². The molecule has 3 aromatic rings. The van der Waals surface area contributed by atoms with Crippen molar-refractivity contribution in [1.82, 2.24) is 19.8 Å². The number of hydrogen-bond acceptors (Lipinski definition) is 4. The van der Waals surface area contributed by atoms with Crippen molar-refractivity contribution in [2.75, 3.05) is 44.2 Å². The van der Waals surface area contributed by atoms with Crippen LogP contribution in [0.3, 0.4) is 0 Å². The second-order valence-electron chi connectivity index (χ2n) is 9.33. The molecule has 2 aromatic heterocycles. The van der Waals surface area contributed by atoms with Crippen molar-refractivity contribution in [1.29, 1.82) is 0 Å². The SMILES string of the molecule is C[C@H](C(=O)N1CCN(c2ccccn2)CC1)C1CCN(C(=O)c2cc3cc(Cl)ccc3[nH]2)CC1. The number of nitrogens with one attached hydrogen (secondary N) is 1. The third-order valence-electron chi connectivity index (χ3n) is 7.30. The van der Waals surface area contributed by atoms with Gasteiger partial charge < -0.3 is 19.7 Å². The Kier molecular flexibility index (Phi) is 6.46. The Bertz CT molecular complexity index is 1160. The van der Waals surface area contributed by atoms with E-state index in [0.717, 1.165) is 55.7 Å². The Morgan fingerprint density at radius 3 is 2.47 bits per heavy atom. The highest BCUT2D eigenvalue weighted by molar-refractivity contribution is 6.31. The van der Waals surface area contributed by atoms with Crippen LogP contribution in [0.4, 0.5) is 5.82 Å². The lowest BCUT2D eigenvalue weighted by Crippen LogP contribution is -2.51. The van der Waals surface area contributed by atoms with Crippen LogP contribution < -0.4 is 4.90 Å². The molecule has 2 saturated heterocycles. The number of hydrogen-bond donors (Lipinski definition) is 1. The third kappa shape index (κ3) is 4.62. The highest BCUT2D eigenvalue weighted by Crippen LogP contribution is 2.28. The Morgan fingerprint density at radius 1 is 1.00 bits per heavy atom. The molecule has 7 nitrogen and oxygen atoms in total. The first kappa shape index (κ1) is 22.7. The van der Waals surface area contributed by atoms with Crippen molar-refractivity contribution in [3.63, 3.8) is 0 Å². The number of pyridine rings is 1. The van der Waals surface area contributed by atoms with Gasteiger partial charge in [0, 0.05) is 67.3 Å². The molecule has 1 N–H and O–H groups in total. The maximum absolute atomic E-state index is 13.2. The molecule has 0 saturated carbocycles. The lowest BCUT2D eigenvalue weighted by Gasteiger charge is -2.39. The van der Waals surface area contributed by atoms with Crippen LogP contribution in [0, 0.1) is 11.8 Å². The Labute approximate surface area is 204 Å². The Balaban J connectivity index is 1.13. The van der Waals surface area contributed by atoms with Crippen LogP contribution in [0.1, 0.15) is 30.3 Å². The first-order chi connectivity index (χ1) is 16.5. The molecule has 4 heterocycles. The maximum Gasteiger partial charge on any atom is 0.270 e. The summed E-state index contributed by atoms with van der Waals surface area (Å²) in [6.45, 7) is 6.45. The van der Waals surface area contributed by atoms with Crippen LogP contribution in [0.25, 0.3) is 10.9 Å². The second-order valence-corrected chi connectivity index (χ2v) is 9.77. The van der Waals surface area contributed by atoms with E-state index in [-0.39, 0.29) is 17.7 Å². The number of aromatic nitrogens is 2. The van der Waals surface area contributed by atoms with Crippen molar-refractivity contribution in [3.05, 3.63) is 59.4 Å². The van der Waals surface area contributed by atoms with Gasteiger partial charge in [-0.05, 0) is 55.2 Å². The van der Waals surface area contributed by atoms with Crippen LogP contribution in [0.5, 0.6) is 0 Å². The minimum absolute atomic E-state index is 0.00963. The van der Waals surface area contributed by atoms with Crippen molar-refractivity contribution in [3.8, 4) is 0 Å². The Morgan fingerprint density at radius 2 is 1.76 bits per heavy atom.